The molecule has 1 unspecified atom stereocenters. The minimum Gasteiger partial charge on any atom is -0.486 e. The Morgan fingerprint density at radius 3 is 2.55 bits per heavy atom. The third kappa shape index (κ3) is 1.40. The maximum absolute atomic E-state index is 12.2. The van der Waals surface area contributed by atoms with Crippen LogP contribution in [0.5, 0.6) is 11.5 Å². The lowest BCUT2D eigenvalue weighted by Gasteiger charge is -2.34. The Morgan fingerprint density at radius 1 is 1.10 bits per heavy atom. The number of imide groups is 1. The molecular weight excluding hydrogens is 262 g/mol. The van der Waals surface area contributed by atoms with Crippen LogP contribution in [0.3, 0.4) is 0 Å². The molecule has 1 spiro atoms. The minimum atomic E-state index is -1.01. The number of ether oxygens (including phenoxy) is 2. The van der Waals surface area contributed by atoms with Gasteiger partial charge in [0, 0.05) is 30.3 Å². The Labute approximate surface area is 114 Å². The lowest BCUT2D eigenvalue weighted by atomic mass is 9.82. The summed E-state index contributed by atoms with van der Waals surface area (Å²) in [5.74, 6) is 0.943. The molecule has 104 valence electrons. The van der Waals surface area contributed by atoms with E-state index in [0.29, 0.717) is 37.7 Å². The molecule has 0 radical (unpaired) electrons. The van der Waals surface area contributed by atoms with E-state index in [9.17, 15) is 9.59 Å². The van der Waals surface area contributed by atoms with Gasteiger partial charge in [-0.2, -0.15) is 0 Å². The smallest absolute Gasteiger partial charge is 0.322 e. The van der Waals surface area contributed by atoms with Gasteiger partial charge in [0.2, 0.25) is 0 Å². The van der Waals surface area contributed by atoms with Gasteiger partial charge in [0.05, 0.1) is 0 Å². The molecule has 3 aliphatic rings. The maximum Gasteiger partial charge on any atom is 0.322 e. The first kappa shape index (κ1) is 11.4. The second-order valence-corrected chi connectivity index (χ2v) is 5.03. The molecule has 7 nitrogen and oxygen atoms in total. The Hall–Kier alpha value is -2.44. The van der Waals surface area contributed by atoms with Crippen LogP contribution in [0, 0.1) is 0 Å². The zero-order valence-electron chi connectivity index (χ0n) is 10.6. The van der Waals surface area contributed by atoms with Crippen LogP contribution in [-0.4, -0.2) is 31.7 Å². The summed E-state index contributed by atoms with van der Waals surface area (Å²) in [5, 5.41) is 8.29. The molecule has 1 fully saturated rings. The van der Waals surface area contributed by atoms with E-state index >= 15 is 0 Å². The van der Waals surface area contributed by atoms with E-state index in [-0.39, 0.29) is 5.91 Å². The van der Waals surface area contributed by atoms with Crippen LogP contribution in [0.25, 0.3) is 0 Å². The predicted octanol–water partition coefficient (Wildman–Crippen LogP) is 0.308. The van der Waals surface area contributed by atoms with Crippen LogP contribution in [-0.2, 0) is 10.3 Å². The molecular formula is C13H13N3O4. The van der Waals surface area contributed by atoms with Gasteiger partial charge in [-0.15, -0.1) is 0 Å². The van der Waals surface area contributed by atoms with Gasteiger partial charge < -0.3 is 20.1 Å². The minimum absolute atomic E-state index is 0.318. The van der Waals surface area contributed by atoms with Crippen LogP contribution < -0.4 is 25.4 Å². The number of carbonyl (C=O) groups excluding carboxylic acids is 2. The molecule has 3 amide bonds. The summed E-state index contributed by atoms with van der Waals surface area (Å²) in [7, 11) is 0. The van der Waals surface area contributed by atoms with Crippen molar-refractivity contribution in [3.05, 3.63) is 17.7 Å². The summed E-state index contributed by atoms with van der Waals surface area (Å²) in [6.45, 7) is 1.58. The number of urea groups is 1. The summed E-state index contributed by atoms with van der Waals surface area (Å²) >= 11 is 0. The topological polar surface area (TPSA) is 88.7 Å². The number of amides is 3. The van der Waals surface area contributed by atoms with E-state index in [1.54, 1.807) is 6.07 Å². The molecule has 1 aromatic carbocycles. The van der Waals surface area contributed by atoms with Crippen molar-refractivity contribution in [3.8, 4) is 11.5 Å². The van der Waals surface area contributed by atoms with E-state index in [4.69, 9.17) is 9.47 Å². The van der Waals surface area contributed by atoms with E-state index in [1.165, 1.54) is 0 Å². The summed E-state index contributed by atoms with van der Waals surface area (Å²) < 4.78 is 11.1. The van der Waals surface area contributed by atoms with Gasteiger partial charge in [0.25, 0.3) is 5.91 Å². The fourth-order valence-electron chi connectivity index (χ4n) is 2.96. The summed E-state index contributed by atoms with van der Waals surface area (Å²) in [5.41, 5.74) is 0.502. The van der Waals surface area contributed by atoms with Gasteiger partial charge in [0.1, 0.15) is 18.8 Å². The molecule has 0 aliphatic carbocycles. The third-order valence-electron chi connectivity index (χ3n) is 3.90. The number of fused-ring (bicyclic) bond motifs is 3. The number of rotatable bonds is 0. The number of benzene rings is 1. The van der Waals surface area contributed by atoms with Crippen molar-refractivity contribution >= 4 is 17.6 Å². The first-order chi connectivity index (χ1) is 9.69. The second-order valence-electron chi connectivity index (χ2n) is 5.03. The molecule has 1 aromatic rings. The van der Waals surface area contributed by atoms with Gasteiger partial charge in [-0.05, 0) is 6.07 Å². The first-order valence-electron chi connectivity index (χ1n) is 6.51. The number of hydrogen-bond donors (Lipinski definition) is 3. The van der Waals surface area contributed by atoms with Crippen molar-refractivity contribution in [1.29, 1.82) is 0 Å². The highest BCUT2D eigenvalue weighted by molar-refractivity contribution is 6.08. The normalized spacial score (nSPS) is 26.6. The average Bonchev–Trinajstić information content (AvgIpc) is 2.72. The Bertz CT molecular complexity index is 630. The van der Waals surface area contributed by atoms with Gasteiger partial charge in [-0.25, -0.2) is 4.79 Å². The number of carbonyl (C=O) groups is 2. The van der Waals surface area contributed by atoms with E-state index in [0.717, 1.165) is 11.3 Å². The third-order valence-corrected chi connectivity index (χ3v) is 3.90. The highest BCUT2D eigenvalue weighted by atomic mass is 16.6. The van der Waals surface area contributed by atoms with Crippen molar-refractivity contribution in [3.63, 3.8) is 0 Å². The molecule has 3 heterocycles. The molecule has 3 N–H and O–H groups in total. The molecule has 0 bridgehead atoms. The largest absolute Gasteiger partial charge is 0.486 e. The maximum atomic E-state index is 12.2. The highest BCUT2D eigenvalue weighted by Crippen LogP contribution is 2.44. The van der Waals surface area contributed by atoms with Crippen molar-refractivity contribution in [2.24, 2.45) is 0 Å². The van der Waals surface area contributed by atoms with Crippen LogP contribution in [0.4, 0.5) is 10.5 Å². The van der Waals surface area contributed by atoms with Crippen molar-refractivity contribution in [2.45, 2.75) is 12.0 Å². The Morgan fingerprint density at radius 2 is 1.85 bits per heavy atom. The lowest BCUT2D eigenvalue weighted by Crippen LogP contribution is -2.48. The summed E-state index contributed by atoms with van der Waals surface area (Å²) in [4.78, 5) is 23.7. The average molecular weight is 275 g/mol. The number of nitrogens with one attached hydrogen (secondary N) is 3. The van der Waals surface area contributed by atoms with E-state index < -0.39 is 11.6 Å². The predicted molar refractivity (Wildman–Crippen MR) is 68.9 cm³/mol. The van der Waals surface area contributed by atoms with Gasteiger partial charge in [-0.3, -0.25) is 10.1 Å². The number of anilines is 1. The molecule has 7 heteroatoms. The van der Waals surface area contributed by atoms with Crippen LogP contribution in [0.15, 0.2) is 12.1 Å². The summed E-state index contributed by atoms with van der Waals surface area (Å²) in [6.07, 6.45) is 0.497. The van der Waals surface area contributed by atoms with E-state index in [2.05, 4.69) is 16.0 Å². The van der Waals surface area contributed by atoms with Crippen LogP contribution in [0.1, 0.15) is 12.0 Å². The highest BCUT2D eigenvalue weighted by Gasteiger charge is 2.50. The molecule has 0 aromatic heterocycles. The number of hydrogen-bond acceptors (Lipinski definition) is 5. The van der Waals surface area contributed by atoms with Crippen LogP contribution in [0.2, 0.25) is 0 Å². The Kier molecular flexibility index (Phi) is 2.15. The van der Waals surface area contributed by atoms with Gasteiger partial charge in [-0.1, -0.05) is 0 Å². The molecule has 3 aliphatic heterocycles. The second kappa shape index (κ2) is 3.78. The quantitative estimate of drug-likeness (QED) is 0.593. The van der Waals surface area contributed by atoms with Gasteiger partial charge in [0.15, 0.2) is 11.5 Å². The first-order valence-corrected chi connectivity index (χ1v) is 6.51. The van der Waals surface area contributed by atoms with Crippen molar-refractivity contribution in [1.82, 2.24) is 10.6 Å². The van der Waals surface area contributed by atoms with E-state index in [1.807, 2.05) is 6.07 Å². The molecule has 20 heavy (non-hydrogen) atoms. The van der Waals surface area contributed by atoms with Crippen molar-refractivity contribution in [2.75, 3.05) is 25.1 Å². The molecule has 1 saturated heterocycles. The molecule has 4 rings (SSSR count). The standard InChI is InChI=1S/C13H13N3O4/c17-11-13(16-12(18)15-11)1-2-14-8-6-10-9(5-7(8)13)19-3-4-20-10/h5-6,14H,1-4H2,(H2,15,16,17,18). The fraction of sp³-hybridized carbons (Fsp3) is 0.385. The summed E-state index contributed by atoms with van der Waals surface area (Å²) in [6, 6.07) is 3.14. The van der Waals surface area contributed by atoms with Crippen LogP contribution >= 0.6 is 0 Å². The molecule has 1 atom stereocenters. The monoisotopic (exact) mass is 275 g/mol. The van der Waals surface area contributed by atoms with Gasteiger partial charge >= 0.3 is 6.03 Å². The molecule has 0 saturated carbocycles. The fourth-order valence-corrected chi connectivity index (χ4v) is 2.96. The Balaban J connectivity index is 1.88. The van der Waals surface area contributed by atoms with Crippen molar-refractivity contribution < 1.29 is 19.1 Å². The SMILES string of the molecule is O=C1NC(=O)C2(CCNc3cc4c(cc32)OCCO4)N1. The zero-order chi connectivity index (χ0) is 13.7. The zero-order valence-corrected chi connectivity index (χ0v) is 10.6. The lowest BCUT2D eigenvalue weighted by molar-refractivity contribution is -0.124.